The topological polar surface area (TPSA) is 88.3 Å². The minimum absolute atomic E-state index is 0.00192. The molecule has 4 aromatic rings. The van der Waals surface area contributed by atoms with Gasteiger partial charge < -0.3 is 10.2 Å². The Labute approximate surface area is 187 Å². The van der Waals surface area contributed by atoms with Crippen LogP contribution in [0, 0.1) is 0 Å². The Balaban J connectivity index is 1.34. The number of fused-ring (bicyclic) bond motifs is 1. The molecule has 0 spiro atoms. The normalized spacial score (nSPS) is 14.6. The largest absolute Gasteiger partial charge is 0.366 e. The van der Waals surface area contributed by atoms with Crippen molar-refractivity contribution in [2.75, 3.05) is 18.4 Å². The van der Waals surface area contributed by atoms with E-state index in [4.69, 9.17) is 4.98 Å². The number of amides is 1. The number of anilines is 1. The maximum absolute atomic E-state index is 12.7. The Morgan fingerprint density at radius 3 is 2.75 bits per heavy atom. The molecule has 0 bridgehead atoms. The van der Waals surface area contributed by atoms with Crippen molar-refractivity contribution in [1.29, 1.82) is 0 Å². The van der Waals surface area contributed by atoms with Crippen LogP contribution in [0.4, 0.5) is 5.82 Å². The number of nitrogens with zero attached hydrogens (tertiary/aromatic N) is 6. The van der Waals surface area contributed by atoms with Gasteiger partial charge in [-0.15, -0.1) is 0 Å². The zero-order valence-corrected chi connectivity index (χ0v) is 18.0. The van der Waals surface area contributed by atoms with E-state index in [1.165, 1.54) is 0 Å². The van der Waals surface area contributed by atoms with E-state index in [1.54, 1.807) is 18.5 Å². The predicted octanol–water partition coefficient (Wildman–Crippen LogP) is 1.41. The summed E-state index contributed by atoms with van der Waals surface area (Å²) in [7, 11) is 2.03. The zero-order chi connectivity index (χ0) is 21.9. The minimum atomic E-state index is -0.00192. The van der Waals surface area contributed by atoms with E-state index in [0.717, 1.165) is 41.0 Å². The lowest BCUT2D eigenvalue weighted by Gasteiger charge is -2.31. The fraction of sp³-hybridized carbons (Fsp3) is 0.261. The molecule has 8 nitrogen and oxygen atoms in total. The Kier molecular flexibility index (Phi) is 5.54. The average molecular weight is 425 g/mol. The SMILES string of the molecule is Bc1cnn2c(NCc3cccnc3)cc(C3CCN(C(=O)c4ccccn4)CC3)nc12. The summed E-state index contributed by atoms with van der Waals surface area (Å²) in [6.45, 7) is 2.05. The van der Waals surface area contributed by atoms with Crippen LogP contribution in [-0.2, 0) is 6.54 Å². The van der Waals surface area contributed by atoms with Crippen LogP contribution < -0.4 is 10.8 Å². The van der Waals surface area contributed by atoms with Gasteiger partial charge in [0.15, 0.2) is 5.65 Å². The molecule has 0 saturated carbocycles. The summed E-state index contributed by atoms with van der Waals surface area (Å²) in [5.74, 6) is 1.20. The first-order valence-electron chi connectivity index (χ1n) is 10.9. The predicted molar refractivity (Wildman–Crippen MR) is 125 cm³/mol. The highest BCUT2D eigenvalue weighted by Crippen LogP contribution is 2.29. The van der Waals surface area contributed by atoms with Crippen molar-refractivity contribution in [2.45, 2.75) is 25.3 Å². The van der Waals surface area contributed by atoms with Gasteiger partial charge in [-0.3, -0.25) is 14.8 Å². The van der Waals surface area contributed by atoms with Crippen LogP contribution in [-0.4, -0.2) is 56.3 Å². The summed E-state index contributed by atoms with van der Waals surface area (Å²) in [6.07, 6.45) is 8.87. The maximum Gasteiger partial charge on any atom is 0.272 e. The van der Waals surface area contributed by atoms with E-state index in [9.17, 15) is 4.79 Å². The number of carbonyl (C=O) groups is 1. The molecule has 160 valence electrons. The lowest BCUT2D eigenvalue weighted by Crippen LogP contribution is -2.38. The molecule has 1 N–H and O–H groups in total. The lowest BCUT2D eigenvalue weighted by molar-refractivity contribution is 0.0706. The fourth-order valence-electron chi connectivity index (χ4n) is 4.15. The van der Waals surface area contributed by atoms with Gasteiger partial charge in [-0.2, -0.15) is 9.61 Å². The van der Waals surface area contributed by atoms with E-state index in [-0.39, 0.29) is 5.91 Å². The van der Waals surface area contributed by atoms with Crippen molar-refractivity contribution in [3.63, 3.8) is 0 Å². The Hall–Kier alpha value is -3.75. The van der Waals surface area contributed by atoms with E-state index < -0.39 is 0 Å². The molecule has 1 saturated heterocycles. The molecule has 0 aliphatic carbocycles. The van der Waals surface area contributed by atoms with E-state index in [2.05, 4.69) is 26.4 Å². The van der Waals surface area contributed by atoms with Crippen molar-refractivity contribution >= 4 is 30.7 Å². The molecule has 1 aliphatic heterocycles. The second-order valence-electron chi connectivity index (χ2n) is 8.13. The Bertz CT molecular complexity index is 1220. The van der Waals surface area contributed by atoms with Gasteiger partial charge in [-0.1, -0.05) is 12.1 Å². The second kappa shape index (κ2) is 8.78. The second-order valence-corrected chi connectivity index (χ2v) is 8.13. The highest BCUT2D eigenvalue weighted by atomic mass is 16.2. The first kappa shape index (κ1) is 20.2. The number of hydrogen-bond donors (Lipinski definition) is 1. The number of rotatable bonds is 5. The molecule has 9 heteroatoms. The summed E-state index contributed by atoms with van der Waals surface area (Å²) in [4.78, 5) is 27.9. The van der Waals surface area contributed by atoms with Crippen LogP contribution in [0.3, 0.4) is 0 Å². The zero-order valence-electron chi connectivity index (χ0n) is 18.0. The molecule has 32 heavy (non-hydrogen) atoms. The van der Waals surface area contributed by atoms with E-state index in [1.807, 2.05) is 53.9 Å². The third kappa shape index (κ3) is 4.06. The van der Waals surface area contributed by atoms with Crippen molar-refractivity contribution in [1.82, 2.24) is 29.5 Å². The van der Waals surface area contributed by atoms with Gasteiger partial charge in [-0.25, -0.2) is 4.98 Å². The summed E-state index contributed by atoms with van der Waals surface area (Å²) in [5, 5.41) is 7.99. The van der Waals surface area contributed by atoms with Crippen molar-refractivity contribution in [3.05, 3.63) is 78.1 Å². The molecule has 0 atom stereocenters. The summed E-state index contributed by atoms with van der Waals surface area (Å²) in [6, 6.07) is 11.5. The number of aromatic nitrogens is 5. The number of likely N-dealkylation sites (tertiary alicyclic amines) is 1. The third-order valence-electron chi connectivity index (χ3n) is 5.95. The Morgan fingerprint density at radius 1 is 1.12 bits per heavy atom. The summed E-state index contributed by atoms with van der Waals surface area (Å²) >= 11 is 0. The number of pyridine rings is 2. The van der Waals surface area contributed by atoms with E-state index in [0.29, 0.717) is 31.2 Å². The maximum atomic E-state index is 12.7. The summed E-state index contributed by atoms with van der Waals surface area (Å²) < 4.78 is 1.86. The average Bonchev–Trinajstić information content (AvgIpc) is 3.24. The van der Waals surface area contributed by atoms with Gasteiger partial charge in [0.2, 0.25) is 0 Å². The van der Waals surface area contributed by atoms with Crippen LogP contribution in [0.25, 0.3) is 5.65 Å². The standard InChI is InChI=1S/C23H24BN7O/c24-18-15-28-31-21(27-14-16-4-3-8-25-13-16)12-20(29-22(18)31)17-6-10-30(11-7-17)23(32)19-5-1-2-9-26-19/h1-5,8-9,12-13,15,17,27H,6-7,10-11,14,24H2. The molecular weight excluding hydrogens is 401 g/mol. The van der Waals surface area contributed by atoms with E-state index >= 15 is 0 Å². The molecule has 0 radical (unpaired) electrons. The molecule has 1 amide bonds. The molecule has 5 heterocycles. The molecule has 1 aliphatic rings. The fourth-order valence-corrected chi connectivity index (χ4v) is 4.15. The summed E-state index contributed by atoms with van der Waals surface area (Å²) in [5.41, 5.74) is 4.55. The quantitative estimate of drug-likeness (QED) is 0.487. The molecular formula is C23H24BN7O. The van der Waals surface area contributed by atoms with Crippen LogP contribution in [0.2, 0.25) is 0 Å². The monoisotopic (exact) mass is 425 g/mol. The highest BCUT2D eigenvalue weighted by Gasteiger charge is 2.26. The highest BCUT2D eigenvalue weighted by molar-refractivity contribution is 6.36. The number of nitrogens with one attached hydrogen (secondary N) is 1. The first-order chi connectivity index (χ1) is 15.7. The molecule has 5 rings (SSSR count). The third-order valence-corrected chi connectivity index (χ3v) is 5.95. The molecule has 1 fully saturated rings. The van der Waals surface area contributed by atoms with Crippen LogP contribution >= 0.6 is 0 Å². The smallest absolute Gasteiger partial charge is 0.272 e. The van der Waals surface area contributed by atoms with Gasteiger partial charge in [0, 0.05) is 62.1 Å². The van der Waals surface area contributed by atoms with Crippen LogP contribution in [0.15, 0.2) is 61.2 Å². The van der Waals surface area contributed by atoms with Crippen LogP contribution in [0.1, 0.15) is 40.5 Å². The van der Waals surface area contributed by atoms with Gasteiger partial charge in [0.25, 0.3) is 5.91 Å². The molecule has 4 aromatic heterocycles. The van der Waals surface area contributed by atoms with Crippen molar-refractivity contribution in [3.8, 4) is 0 Å². The van der Waals surface area contributed by atoms with Gasteiger partial charge >= 0.3 is 0 Å². The molecule has 0 aromatic carbocycles. The van der Waals surface area contributed by atoms with Gasteiger partial charge in [0.1, 0.15) is 19.4 Å². The van der Waals surface area contributed by atoms with Crippen molar-refractivity contribution in [2.24, 2.45) is 0 Å². The Morgan fingerprint density at radius 2 is 2.00 bits per heavy atom. The molecule has 0 unspecified atom stereocenters. The number of hydrogen-bond acceptors (Lipinski definition) is 6. The van der Waals surface area contributed by atoms with Crippen molar-refractivity contribution < 1.29 is 4.79 Å². The first-order valence-corrected chi connectivity index (χ1v) is 10.9. The van der Waals surface area contributed by atoms with Gasteiger partial charge in [-0.05, 0) is 42.1 Å². The van der Waals surface area contributed by atoms with Gasteiger partial charge in [0.05, 0.1) is 0 Å². The number of carbonyl (C=O) groups excluding carboxylic acids is 1. The lowest BCUT2D eigenvalue weighted by atomic mass is 9.92. The minimum Gasteiger partial charge on any atom is -0.366 e. The number of piperidine rings is 1. The van der Waals surface area contributed by atoms with Crippen LogP contribution in [0.5, 0.6) is 0 Å².